The summed E-state index contributed by atoms with van der Waals surface area (Å²) in [6.07, 6.45) is 4.97. The Hall–Kier alpha value is -0.0800. The lowest BCUT2D eigenvalue weighted by Gasteiger charge is -2.39. The molecule has 0 aromatic carbocycles. The molecule has 0 bridgehead atoms. The number of rotatable bonds is 4. The topological polar surface area (TPSA) is 21.3 Å². The SMILES string of the molecule is CCCC(NC)C1CCOC(C)(C)C1. The fraction of sp³-hybridized carbons (Fsp3) is 1.00. The molecule has 0 aromatic heterocycles. The molecular weight excluding hydrogens is 174 g/mol. The standard InChI is InChI=1S/C12H25NO/c1-5-6-11(13-4)10-7-8-14-12(2,3)9-10/h10-11,13H,5-9H2,1-4H3. The number of hydrogen-bond donors (Lipinski definition) is 1. The van der Waals surface area contributed by atoms with Crippen LogP contribution in [0.5, 0.6) is 0 Å². The summed E-state index contributed by atoms with van der Waals surface area (Å²) in [7, 11) is 2.09. The zero-order valence-electron chi connectivity index (χ0n) is 10.1. The highest BCUT2D eigenvalue weighted by Gasteiger charge is 2.32. The summed E-state index contributed by atoms with van der Waals surface area (Å²) in [5, 5.41) is 3.45. The summed E-state index contributed by atoms with van der Waals surface area (Å²) in [6, 6.07) is 0.683. The van der Waals surface area contributed by atoms with E-state index in [1.807, 2.05) is 0 Å². The molecule has 2 heteroatoms. The van der Waals surface area contributed by atoms with Crippen molar-refractivity contribution < 1.29 is 4.74 Å². The zero-order chi connectivity index (χ0) is 10.6. The van der Waals surface area contributed by atoms with Crippen molar-refractivity contribution in [3.8, 4) is 0 Å². The molecule has 0 saturated carbocycles. The highest BCUT2D eigenvalue weighted by atomic mass is 16.5. The van der Waals surface area contributed by atoms with E-state index in [0.717, 1.165) is 12.5 Å². The summed E-state index contributed by atoms with van der Waals surface area (Å²) in [5.41, 5.74) is 0.0890. The van der Waals surface area contributed by atoms with Gasteiger partial charge in [-0.1, -0.05) is 13.3 Å². The second kappa shape index (κ2) is 5.13. The molecule has 2 unspecified atom stereocenters. The quantitative estimate of drug-likeness (QED) is 0.751. The van der Waals surface area contributed by atoms with Crippen molar-refractivity contribution >= 4 is 0 Å². The summed E-state index contributed by atoms with van der Waals surface area (Å²) in [4.78, 5) is 0. The molecule has 1 saturated heterocycles. The first-order valence-electron chi connectivity index (χ1n) is 5.90. The van der Waals surface area contributed by atoms with Crippen LogP contribution in [0.4, 0.5) is 0 Å². The van der Waals surface area contributed by atoms with Crippen LogP contribution in [0.1, 0.15) is 46.5 Å². The van der Waals surface area contributed by atoms with Crippen LogP contribution >= 0.6 is 0 Å². The van der Waals surface area contributed by atoms with Gasteiger partial charge in [-0.25, -0.2) is 0 Å². The highest BCUT2D eigenvalue weighted by molar-refractivity contribution is 4.85. The van der Waals surface area contributed by atoms with Crippen molar-refractivity contribution in [2.45, 2.75) is 58.1 Å². The third kappa shape index (κ3) is 3.25. The molecule has 0 aromatic rings. The molecule has 0 radical (unpaired) electrons. The molecule has 1 rings (SSSR count). The summed E-state index contributed by atoms with van der Waals surface area (Å²) < 4.78 is 5.74. The molecule has 14 heavy (non-hydrogen) atoms. The van der Waals surface area contributed by atoms with Gasteiger partial charge in [-0.05, 0) is 46.1 Å². The van der Waals surface area contributed by atoms with Gasteiger partial charge in [0.15, 0.2) is 0 Å². The van der Waals surface area contributed by atoms with E-state index in [1.54, 1.807) is 0 Å². The van der Waals surface area contributed by atoms with Gasteiger partial charge in [0.1, 0.15) is 0 Å². The predicted octanol–water partition coefficient (Wildman–Crippen LogP) is 2.58. The van der Waals surface area contributed by atoms with Crippen LogP contribution in [0.2, 0.25) is 0 Å². The second-order valence-corrected chi connectivity index (χ2v) is 5.04. The molecular formula is C12H25NO. The highest BCUT2D eigenvalue weighted by Crippen LogP contribution is 2.31. The Morgan fingerprint density at radius 2 is 2.21 bits per heavy atom. The average Bonchev–Trinajstić information content (AvgIpc) is 2.12. The first-order valence-corrected chi connectivity index (χ1v) is 5.90. The van der Waals surface area contributed by atoms with E-state index < -0.39 is 0 Å². The number of ether oxygens (including phenoxy) is 1. The summed E-state index contributed by atoms with van der Waals surface area (Å²) in [6.45, 7) is 7.60. The third-order valence-corrected chi connectivity index (χ3v) is 3.27. The first-order chi connectivity index (χ1) is 6.59. The maximum absolute atomic E-state index is 5.74. The lowest BCUT2D eigenvalue weighted by molar-refractivity contribution is -0.0783. The largest absolute Gasteiger partial charge is 0.376 e. The van der Waals surface area contributed by atoms with Crippen LogP contribution in [-0.4, -0.2) is 25.3 Å². The van der Waals surface area contributed by atoms with Crippen molar-refractivity contribution in [2.24, 2.45) is 5.92 Å². The Bertz CT molecular complexity index is 168. The van der Waals surface area contributed by atoms with E-state index in [0.29, 0.717) is 6.04 Å². The molecule has 1 aliphatic rings. The van der Waals surface area contributed by atoms with E-state index in [9.17, 15) is 0 Å². The Kier molecular flexibility index (Phi) is 4.39. The molecule has 2 nitrogen and oxygen atoms in total. The normalized spacial score (nSPS) is 28.7. The van der Waals surface area contributed by atoms with Crippen molar-refractivity contribution in [2.75, 3.05) is 13.7 Å². The Balaban J connectivity index is 2.49. The Morgan fingerprint density at radius 3 is 2.71 bits per heavy atom. The fourth-order valence-corrected chi connectivity index (χ4v) is 2.55. The molecule has 1 fully saturated rings. The Morgan fingerprint density at radius 1 is 1.50 bits per heavy atom. The first kappa shape index (κ1) is 12.0. The molecule has 0 amide bonds. The van der Waals surface area contributed by atoms with Gasteiger partial charge in [-0.15, -0.1) is 0 Å². The summed E-state index contributed by atoms with van der Waals surface area (Å²) >= 11 is 0. The molecule has 0 aliphatic carbocycles. The number of nitrogens with one attached hydrogen (secondary N) is 1. The number of hydrogen-bond acceptors (Lipinski definition) is 2. The maximum atomic E-state index is 5.74. The van der Waals surface area contributed by atoms with Crippen LogP contribution in [-0.2, 0) is 4.74 Å². The van der Waals surface area contributed by atoms with Crippen molar-refractivity contribution in [3.05, 3.63) is 0 Å². The van der Waals surface area contributed by atoms with Gasteiger partial charge in [0.2, 0.25) is 0 Å². The minimum atomic E-state index is 0.0890. The smallest absolute Gasteiger partial charge is 0.0629 e. The van der Waals surface area contributed by atoms with Crippen LogP contribution in [0.15, 0.2) is 0 Å². The van der Waals surface area contributed by atoms with Gasteiger partial charge in [-0.2, -0.15) is 0 Å². The van der Waals surface area contributed by atoms with Crippen LogP contribution in [0, 0.1) is 5.92 Å². The molecule has 1 aliphatic heterocycles. The van der Waals surface area contributed by atoms with Crippen LogP contribution in [0.3, 0.4) is 0 Å². The summed E-state index contributed by atoms with van der Waals surface area (Å²) in [5.74, 6) is 0.795. The Labute approximate surface area is 88.4 Å². The van der Waals surface area contributed by atoms with Gasteiger partial charge in [0, 0.05) is 12.6 Å². The van der Waals surface area contributed by atoms with E-state index in [-0.39, 0.29) is 5.60 Å². The zero-order valence-corrected chi connectivity index (χ0v) is 10.1. The predicted molar refractivity (Wildman–Crippen MR) is 60.5 cm³/mol. The van der Waals surface area contributed by atoms with E-state index in [4.69, 9.17) is 4.74 Å². The monoisotopic (exact) mass is 199 g/mol. The van der Waals surface area contributed by atoms with E-state index >= 15 is 0 Å². The maximum Gasteiger partial charge on any atom is 0.0629 e. The van der Waals surface area contributed by atoms with Gasteiger partial charge in [0.05, 0.1) is 5.60 Å². The molecule has 1 N–H and O–H groups in total. The van der Waals surface area contributed by atoms with Gasteiger partial charge in [0.25, 0.3) is 0 Å². The van der Waals surface area contributed by atoms with Gasteiger partial charge in [-0.3, -0.25) is 0 Å². The molecule has 0 spiro atoms. The molecule has 84 valence electrons. The van der Waals surface area contributed by atoms with Crippen molar-refractivity contribution in [3.63, 3.8) is 0 Å². The van der Waals surface area contributed by atoms with Crippen molar-refractivity contribution in [1.29, 1.82) is 0 Å². The second-order valence-electron chi connectivity index (χ2n) is 5.04. The van der Waals surface area contributed by atoms with Crippen molar-refractivity contribution in [1.82, 2.24) is 5.32 Å². The van der Waals surface area contributed by atoms with Crippen LogP contribution in [0.25, 0.3) is 0 Å². The van der Waals surface area contributed by atoms with E-state index in [1.165, 1.54) is 25.7 Å². The van der Waals surface area contributed by atoms with E-state index in [2.05, 4.69) is 33.1 Å². The van der Waals surface area contributed by atoms with Crippen LogP contribution < -0.4 is 5.32 Å². The minimum Gasteiger partial charge on any atom is -0.376 e. The average molecular weight is 199 g/mol. The molecule has 1 heterocycles. The minimum absolute atomic E-state index is 0.0890. The lowest BCUT2D eigenvalue weighted by Crippen LogP contribution is -2.43. The van der Waals surface area contributed by atoms with Gasteiger partial charge >= 0.3 is 0 Å². The third-order valence-electron chi connectivity index (χ3n) is 3.27. The lowest BCUT2D eigenvalue weighted by atomic mass is 9.82. The van der Waals surface area contributed by atoms with Gasteiger partial charge < -0.3 is 10.1 Å². The fourth-order valence-electron chi connectivity index (χ4n) is 2.55. The molecule has 2 atom stereocenters.